The van der Waals surface area contributed by atoms with Gasteiger partial charge in [-0.2, -0.15) is 3.97 Å². The van der Waals surface area contributed by atoms with Crippen molar-refractivity contribution in [1.82, 2.24) is 8.54 Å². The smallest absolute Gasteiger partial charge is 0.343 e. The quantitative estimate of drug-likeness (QED) is 0.321. The fraction of sp³-hybridized carbons (Fsp3) is 0.214. The van der Waals surface area contributed by atoms with Gasteiger partial charge in [0.05, 0.1) is 6.61 Å². The van der Waals surface area contributed by atoms with Crippen molar-refractivity contribution in [2.75, 3.05) is 6.61 Å². The summed E-state index contributed by atoms with van der Waals surface area (Å²) in [5.74, 6) is 0. The molecule has 0 bridgehead atoms. The number of hydrogen-bond donors (Lipinski definition) is 3. The maximum Gasteiger partial charge on any atom is 0.343 e. The molecule has 1 saturated heterocycles. The molecule has 8 nitrogen and oxygen atoms in total. The van der Waals surface area contributed by atoms with Crippen molar-refractivity contribution in [1.29, 1.82) is 0 Å². The highest BCUT2D eigenvalue weighted by molar-refractivity contribution is 7.99. The van der Waals surface area contributed by atoms with Gasteiger partial charge in [0.15, 0.2) is 6.23 Å². The van der Waals surface area contributed by atoms with E-state index in [1.54, 1.807) is 0 Å². The molecule has 9 heteroatoms. The zero-order valence-electron chi connectivity index (χ0n) is 19.7. The van der Waals surface area contributed by atoms with Gasteiger partial charge in [0.2, 0.25) is 0 Å². The van der Waals surface area contributed by atoms with Gasteiger partial charge in [-0.3, -0.25) is 9.36 Å². The van der Waals surface area contributed by atoms with Crippen LogP contribution in [-0.2, 0) is 9.48 Å². The van der Waals surface area contributed by atoms with Crippen LogP contribution in [0.4, 0.5) is 0 Å². The number of aliphatic hydroxyl groups excluding tert-OH is 3. The van der Waals surface area contributed by atoms with Crippen molar-refractivity contribution in [3.63, 3.8) is 0 Å². The number of rotatable bonds is 7. The Bertz CT molecular complexity index is 1360. The Balaban J connectivity index is 1.72. The van der Waals surface area contributed by atoms with Crippen LogP contribution in [0.1, 0.15) is 22.9 Å². The van der Waals surface area contributed by atoms with E-state index in [9.17, 15) is 24.9 Å². The van der Waals surface area contributed by atoms with Gasteiger partial charge in [0.1, 0.15) is 23.1 Å². The maximum absolute atomic E-state index is 13.8. The molecule has 3 N–H and O–H groups in total. The van der Waals surface area contributed by atoms with E-state index in [2.05, 4.69) is 0 Å². The molecule has 4 aromatic rings. The Morgan fingerprint density at radius 3 is 1.68 bits per heavy atom. The summed E-state index contributed by atoms with van der Waals surface area (Å²) in [6.45, 7) is -0.531. The van der Waals surface area contributed by atoms with Gasteiger partial charge < -0.3 is 20.1 Å². The third-order valence-electron chi connectivity index (χ3n) is 6.53. The molecule has 190 valence electrons. The molecule has 3 aromatic carbocycles. The van der Waals surface area contributed by atoms with Crippen LogP contribution in [-0.4, -0.2) is 48.8 Å². The number of aliphatic hydroxyl groups is 3. The van der Waals surface area contributed by atoms with Crippen LogP contribution in [0.2, 0.25) is 0 Å². The monoisotopic (exact) mass is 518 g/mol. The summed E-state index contributed by atoms with van der Waals surface area (Å²) in [6.07, 6.45) is -3.94. The number of hydrogen-bond acceptors (Lipinski definition) is 7. The minimum absolute atomic E-state index is 0.531. The summed E-state index contributed by atoms with van der Waals surface area (Å²) < 4.78 is 6.69. The Kier molecular flexibility index (Phi) is 7.14. The highest BCUT2D eigenvalue weighted by Crippen LogP contribution is 2.48. The predicted octanol–water partition coefficient (Wildman–Crippen LogP) is 2.11. The van der Waals surface area contributed by atoms with Crippen LogP contribution in [0.25, 0.3) is 0 Å². The van der Waals surface area contributed by atoms with E-state index >= 15 is 0 Å². The zero-order valence-corrected chi connectivity index (χ0v) is 20.5. The zero-order chi connectivity index (χ0) is 26.0. The topological polar surface area (TPSA) is 114 Å². The molecule has 1 fully saturated rings. The minimum Gasteiger partial charge on any atom is -0.394 e. The van der Waals surface area contributed by atoms with E-state index in [1.165, 1.54) is 12.3 Å². The molecule has 0 saturated carbocycles. The maximum atomic E-state index is 13.8. The minimum atomic E-state index is -1.46. The van der Waals surface area contributed by atoms with Gasteiger partial charge in [0, 0.05) is 12.3 Å². The molecule has 37 heavy (non-hydrogen) atoms. The Morgan fingerprint density at radius 2 is 1.24 bits per heavy atom. The van der Waals surface area contributed by atoms with E-state index in [0.717, 1.165) is 37.2 Å². The highest BCUT2D eigenvalue weighted by Gasteiger charge is 2.44. The van der Waals surface area contributed by atoms with Crippen LogP contribution in [0, 0.1) is 0 Å². The number of nitrogens with zero attached hydrogens (tertiary/aromatic N) is 2. The fourth-order valence-corrected chi connectivity index (χ4v) is 6.00. The van der Waals surface area contributed by atoms with Gasteiger partial charge >= 0.3 is 5.69 Å². The van der Waals surface area contributed by atoms with Gasteiger partial charge in [-0.1, -0.05) is 91.0 Å². The molecule has 1 aromatic heterocycles. The number of aromatic nitrogens is 2. The van der Waals surface area contributed by atoms with E-state index in [-0.39, 0.29) is 0 Å². The second kappa shape index (κ2) is 10.5. The van der Waals surface area contributed by atoms with Crippen molar-refractivity contribution in [2.24, 2.45) is 0 Å². The Hall–Kier alpha value is -3.47. The molecule has 1 aliphatic rings. The lowest BCUT2D eigenvalue weighted by Crippen LogP contribution is -2.43. The van der Waals surface area contributed by atoms with Crippen molar-refractivity contribution < 1.29 is 20.1 Å². The van der Waals surface area contributed by atoms with Crippen LogP contribution in [0.15, 0.2) is 113 Å². The lowest BCUT2D eigenvalue weighted by Gasteiger charge is -2.35. The number of benzene rings is 3. The average molecular weight is 519 g/mol. The second-order valence-corrected chi connectivity index (χ2v) is 9.90. The van der Waals surface area contributed by atoms with Crippen LogP contribution < -0.4 is 11.2 Å². The predicted molar refractivity (Wildman–Crippen MR) is 140 cm³/mol. The molecular weight excluding hydrogens is 492 g/mol. The molecule has 2 heterocycles. The van der Waals surface area contributed by atoms with Crippen molar-refractivity contribution in [2.45, 2.75) is 29.3 Å². The SMILES string of the molecule is O=c1ccn([C@@H]2O[C@H](CO)[C@@H](O)[C@H]2O)c(=O)n1SC(c1ccccc1)(c1ccccc1)c1ccccc1. The molecule has 0 unspecified atom stereocenters. The third kappa shape index (κ3) is 4.45. The third-order valence-corrected chi connectivity index (χ3v) is 8.03. The molecule has 1 aliphatic heterocycles. The van der Waals surface area contributed by atoms with Crippen molar-refractivity contribution >= 4 is 11.9 Å². The summed E-state index contributed by atoms with van der Waals surface area (Å²) in [7, 11) is 0. The lowest BCUT2D eigenvalue weighted by molar-refractivity contribution is -0.0551. The van der Waals surface area contributed by atoms with Crippen LogP contribution >= 0.6 is 11.9 Å². The summed E-state index contributed by atoms with van der Waals surface area (Å²) >= 11 is 1.05. The Labute approximate surface area is 217 Å². The van der Waals surface area contributed by atoms with E-state index < -0.39 is 47.1 Å². The Morgan fingerprint density at radius 1 is 0.757 bits per heavy atom. The van der Waals surface area contributed by atoms with E-state index in [0.29, 0.717) is 0 Å². The van der Waals surface area contributed by atoms with Crippen molar-refractivity contribution in [3.05, 3.63) is 141 Å². The number of ether oxygens (including phenoxy) is 1. The first-order valence-corrected chi connectivity index (χ1v) is 12.6. The standard InChI is InChI=1S/C28H26N2O6S/c31-18-22-24(33)25(34)26(36-22)29-17-16-23(32)30(27(29)35)37-28(19-10-4-1-5-11-19,20-12-6-2-7-13-20)21-14-8-3-9-15-21/h1-17,22,24-26,31,33-34H,18H2/t22-,24-,25-,26-/m1/s1. The molecule has 0 radical (unpaired) electrons. The normalized spacial score (nSPS) is 21.7. The molecule has 0 amide bonds. The molecule has 5 rings (SSSR count). The largest absolute Gasteiger partial charge is 0.394 e. The molecule has 0 spiro atoms. The van der Waals surface area contributed by atoms with Crippen molar-refractivity contribution in [3.8, 4) is 0 Å². The van der Waals surface area contributed by atoms with E-state index in [4.69, 9.17) is 4.74 Å². The lowest BCUT2D eigenvalue weighted by atomic mass is 9.84. The van der Waals surface area contributed by atoms with Gasteiger partial charge in [0.25, 0.3) is 5.56 Å². The van der Waals surface area contributed by atoms with Gasteiger partial charge in [-0.15, -0.1) is 0 Å². The average Bonchev–Trinajstić information content (AvgIpc) is 3.23. The fourth-order valence-electron chi connectivity index (χ4n) is 4.68. The molecule has 0 aliphatic carbocycles. The van der Waals surface area contributed by atoms with Gasteiger partial charge in [-0.25, -0.2) is 4.79 Å². The highest BCUT2D eigenvalue weighted by atomic mass is 32.2. The second-order valence-electron chi connectivity index (χ2n) is 8.74. The first-order chi connectivity index (χ1) is 18.0. The molecular formula is C28H26N2O6S. The summed E-state index contributed by atoms with van der Waals surface area (Å²) in [5, 5.41) is 30.2. The summed E-state index contributed by atoms with van der Waals surface area (Å²) in [4.78, 5) is 26.9. The van der Waals surface area contributed by atoms with Crippen LogP contribution in [0.3, 0.4) is 0 Å². The first-order valence-electron chi connectivity index (χ1n) is 11.8. The summed E-state index contributed by atoms with van der Waals surface area (Å²) in [6, 6.07) is 30.0. The first kappa shape index (κ1) is 25.2. The van der Waals surface area contributed by atoms with Crippen LogP contribution in [0.5, 0.6) is 0 Å². The van der Waals surface area contributed by atoms with E-state index in [1.807, 2.05) is 91.0 Å². The molecule has 4 atom stereocenters. The van der Waals surface area contributed by atoms with Gasteiger partial charge in [-0.05, 0) is 28.6 Å². The summed E-state index contributed by atoms with van der Waals surface area (Å²) in [5.41, 5.74) is 1.27.